The normalized spacial score (nSPS) is 11.8. The Morgan fingerprint density at radius 2 is 2.26 bits per heavy atom. The third-order valence-corrected chi connectivity index (χ3v) is 2.97. The molecule has 0 heterocycles. The molecule has 1 rings (SSSR count). The van der Waals surface area contributed by atoms with Crippen LogP contribution in [0.4, 0.5) is 5.69 Å². The molecule has 1 N–H and O–H groups in total. The smallest absolute Gasteiger partial charge is 0.308 e. The van der Waals surface area contributed by atoms with E-state index in [1.54, 1.807) is 39.0 Å². The highest BCUT2D eigenvalue weighted by atomic mass is 35.5. The maximum absolute atomic E-state index is 11.9. The van der Waals surface area contributed by atoms with E-state index in [4.69, 9.17) is 27.1 Å². The number of halogens is 1. The summed E-state index contributed by atoms with van der Waals surface area (Å²) in [5.74, 6) is -0.400. The fraction of sp³-hybridized carbons (Fsp3) is 0.467. The fourth-order valence-electron chi connectivity index (χ4n) is 1.81. The van der Waals surface area contributed by atoms with Crippen LogP contribution < -0.4 is 5.32 Å². The third-order valence-electron chi connectivity index (χ3n) is 2.66. The molecule has 0 aliphatic heterocycles. The van der Waals surface area contributed by atoms with Gasteiger partial charge in [0.25, 0.3) is 0 Å². The molecule has 23 heavy (non-hydrogen) atoms. The molecule has 0 aliphatic rings. The van der Waals surface area contributed by atoms with E-state index in [2.05, 4.69) is 15.3 Å². The van der Waals surface area contributed by atoms with Crippen molar-refractivity contribution >= 4 is 23.3 Å². The molecule has 7 nitrogen and oxygen atoms in total. The number of hydrogen-bond donors (Lipinski definition) is 1. The van der Waals surface area contributed by atoms with Gasteiger partial charge in [-0.2, -0.15) is 5.26 Å². The van der Waals surface area contributed by atoms with Gasteiger partial charge in [-0.1, -0.05) is 16.7 Å². The highest BCUT2D eigenvalue weighted by Crippen LogP contribution is 2.21. The van der Waals surface area contributed by atoms with Gasteiger partial charge in [-0.05, 0) is 44.5 Å². The number of hydrogen-bond acceptors (Lipinski definition) is 5. The Kier molecular flexibility index (Phi) is 6.70. The average Bonchev–Trinajstić information content (AvgIpc) is 2.43. The quantitative estimate of drug-likeness (QED) is 0.366. The molecule has 0 aliphatic carbocycles. The minimum absolute atomic E-state index is 0.0356. The molecule has 122 valence electrons. The van der Waals surface area contributed by atoms with Crippen molar-refractivity contribution in [2.45, 2.75) is 38.8 Å². The van der Waals surface area contributed by atoms with Crippen LogP contribution in [0.2, 0.25) is 5.02 Å². The second-order valence-corrected chi connectivity index (χ2v) is 6.26. The molecule has 0 saturated carbocycles. The van der Waals surface area contributed by atoms with E-state index in [-0.39, 0.29) is 13.0 Å². The van der Waals surface area contributed by atoms with Crippen LogP contribution in [-0.4, -0.2) is 24.2 Å². The number of azide groups is 1. The van der Waals surface area contributed by atoms with Gasteiger partial charge in [0, 0.05) is 23.2 Å². The van der Waals surface area contributed by atoms with Gasteiger partial charge in [-0.3, -0.25) is 4.79 Å². The van der Waals surface area contributed by atoms with E-state index in [1.807, 2.05) is 6.07 Å². The lowest BCUT2D eigenvalue weighted by Gasteiger charge is -2.22. The first-order valence-corrected chi connectivity index (χ1v) is 7.32. The Morgan fingerprint density at radius 3 is 2.78 bits per heavy atom. The summed E-state index contributed by atoms with van der Waals surface area (Å²) < 4.78 is 5.26. The van der Waals surface area contributed by atoms with Crippen molar-refractivity contribution in [1.82, 2.24) is 0 Å². The van der Waals surface area contributed by atoms with Crippen molar-refractivity contribution in [2.75, 3.05) is 11.9 Å². The number of nitriles is 1. The summed E-state index contributed by atoms with van der Waals surface area (Å²) in [7, 11) is 0. The number of carbonyl (C=O) groups excluding carboxylic acids is 1. The number of nitrogens with one attached hydrogen (secondary N) is 1. The molecular formula is C15H18ClN5O2. The predicted molar refractivity (Wildman–Crippen MR) is 88.1 cm³/mol. The number of ether oxygens (including phenoxy) is 1. The van der Waals surface area contributed by atoms with Crippen molar-refractivity contribution in [2.24, 2.45) is 5.11 Å². The maximum atomic E-state index is 11.9. The van der Waals surface area contributed by atoms with Gasteiger partial charge < -0.3 is 10.1 Å². The molecule has 1 aromatic rings. The van der Waals surface area contributed by atoms with Gasteiger partial charge in [0.15, 0.2) is 0 Å². The monoisotopic (exact) mass is 335 g/mol. The summed E-state index contributed by atoms with van der Waals surface area (Å²) in [6.45, 7) is 5.41. The van der Waals surface area contributed by atoms with Crippen LogP contribution >= 0.6 is 11.6 Å². The van der Waals surface area contributed by atoms with E-state index in [0.29, 0.717) is 16.3 Å². The van der Waals surface area contributed by atoms with Crippen molar-refractivity contribution in [3.05, 3.63) is 39.2 Å². The van der Waals surface area contributed by atoms with E-state index in [0.717, 1.165) is 0 Å². The average molecular weight is 336 g/mol. The number of carbonyl (C=O) groups is 1. The second kappa shape index (κ2) is 8.28. The molecule has 0 amide bonds. The Hall–Kier alpha value is -2.42. The Bertz CT molecular complexity index is 657. The zero-order valence-electron chi connectivity index (χ0n) is 13.2. The SMILES string of the molecule is CC(C)(C)OC(=O)C[C@@H](CN=[N+]=[N-])Nc1ccc(C#N)c(Cl)c1. The summed E-state index contributed by atoms with van der Waals surface area (Å²) in [5, 5.41) is 15.7. The molecule has 1 atom stereocenters. The maximum Gasteiger partial charge on any atom is 0.308 e. The van der Waals surface area contributed by atoms with E-state index in [1.165, 1.54) is 0 Å². The molecule has 0 fully saturated rings. The number of anilines is 1. The number of nitrogens with zero attached hydrogens (tertiary/aromatic N) is 4. The van der Waals surface area contributed by atoms with Crippen LogP contribution in [0.25, 0.3) is 10.4 Å². The van der Waals surface area contributed by atoms with Gasteiger partial charge in [0.05, 0.1) is 17.0 Å². The first-order valence-electron chi connectivity index (χ1n) is 6.94. The van der Waals surface area contributed by atoms with Gasteiger partial charge in [0.1, 0.15) is 11.7 Å². The van der Waals surface area contributed by atoms with E-state index >= 15 is 0 Å². The van der Waals surface area contributed by atoms with Crippen molar-refractivity contribution in [3.63, 3.8) is 0 Å². The van der Waals surface area contributed by atoms with E-state index < -0.39 is 17.6 Å². The zero-order valence-corrected chi connectivity index (χ0v) is 14.0. The van der Waals surface area contributed by atoms with Gasteiger partial charge in [-0.15, -0.1) is 0 Å². The lowest BCUT2D eigenvalue weighted by atomic mass is 10.1. The Balaban J connectivity index is 2.82. The first-order chi connectivity index (χ1) is 10.7. The van der Waals surface area contributed by atoms with Crippen molar-refractivity contribution < 1.29 is 9.53 Å². The lowest BCUT2D eigenvalue weighted by molar-refractivity contribution is -0.155. The predicted octanol–water partition coefficient (Wildman–Crippen LogP) is 4.03. The van der Waals surface area contributed by atoms with Crippen LogP contribution in [0.5, 0.6) is 0 Å². The molecule has 0 bridgehead atoms. The molecule has 1 aromatic carbocycles. The van der Waals surface area contributed by atoms with Crippen molar-refractivity contribution in [3.8, 4) is 6.07 Å². The number of benzene rings is 1. The topological polar surface area (TPSA) is 111 Å². The highest BCUT2D eigenvalue weighted by molar-refractivity contribution is 6.32. The Morgan fingerprint density at radius 1 is 1.57 bits per heavy atom. The largest absolute Gasteiger partial charge is 0.460 e. The summed E-state index contributed by atoms with van der Waals surface area (Å²) >= 11 is 5.97. The van der Waals surface area contributed by atoms with Gasteiger partial charge in [0.2, 0.25) is 0 Å². The number of esters is 1. The number of rotatable bonds is 6. The molecular weight excluding hydrogens is 318 g/mol. The Labute approximate surface area is 139 Å². The molecule has 8 heteroatoms. The van der Waals surface area contributed by atoms with Crippen LogP contribution in [0.15, 0.2) is 23.3 Å². The molecule has 0 radical (unpaired) electrons. The van der Waals surface area contributed by atoms with Crippen LogP contribution in [0, 0.1) is 11.3 Å². The molecule has 0 saturated heterocycles. The molecule has 0 spiro atoms. The minimum Gasteiger partial charge on any atom is -0.460 e. The fourth-order valence-corrected chi connectivity index (χ4v) is 2.03. The standard InChI is InChI=1S/C15H18ClN5O2/c1-15(2,3)23-14(22)7-12(9-19-21-18)20-11-5-4-10(8-17)13(16)6-11/h4-6,12,20H,7,9H2,1-3H3/t12-/m0/s1. The lowest BCUT2D eigenvalue weighted by Crippen LogP contribution is -2.31. The van der Waals surface area contributed by atoms with Crippen LogP contribution in [-0.2, 0) is 9.53 Å². The summed E-state index contributed by atoms with van der Waals surface area (Å²) in [6.07, 6.45) is 0.0356. The first kappa shape index (κ1) is 18.6. The third kappa shape index (κ3) is 6.92. The minimum atomic E-state index is -0.585. The summed E-state index contributed by atoms with van der Waals surface area (Å²) in [5.41, 5.74) is 8.86. The molecule has 0 aromatic heterocycles. The van der Waals surface area contributed by atoms with Crippen molar-refractivity contribution in [1.29, 1.82) is 5.26 Å². The van der Waals surface area contributed by atoms with Crippen LogP contribution in [0.3, 0.4) is 0 Å². The second-order valence-electron chi connectivity index (χ2n) is 5.85. The van der Waals surface area contributed by atoms with Gasteiger partial charge in [-0.25, -0.2) is 0 Å². The van der Waals surface area contributed by atoms with E-state index in [9.17, 15) is 4.79 Å². The molecule has 0 unspecified atom stereocenters. The van der Waals surface area contributed by atoms with Crippen LogP contribution in [0.1, 0.15) is 32.8 Å². The summed E-state index contributed by atoms with van der Waals surface area (Å²) in [6, 6.07) is 6.35. The summed E-state index contributed by atoms with van der Waals surface area (Å²) in [4.78, 5) is 14.6. The zero-order chi connectivity index (χ0) is 17.5. The van der Waals surface area contributed by atoms with Gasteiger partial charge >= 0.3 is 5.97 Å². The highest BCUT2D eigenvalue weighted by Gasteiger charge is 2.20.